The molecule has 0 aliphatic carbocycles. The minimum absolute atomic E-state index is 0.00576. The predicted molar refractivity (Wildman–Crippen MR) is 124 cm³/mol. The normalized spacial score (nSPS) is 15.6. The fraction of sp³-hybridized carbons (Fsp3) is 0.286. The second-order valence-electron chi connectivity index (χ2n) is 7.08. The zero-order valence-corrected chi connectivity index (χ0v) is 18.7. The highest BCUT2D eigenvalue weighted by Crippen LogP contribution is 2.26. The van der Waals surface area contributed by atoms with Gasteiger partial charge >= 0.3 is 0 Å². The zero-order valence-electron chi connectivity index (χ0n) is 15.8. The van der Waals surface area contributed by atoms with Crippen LogP contribution in [0.1, 0.15) is 5.56 Å². The average Bonchev–Trinajstić information content (AvgIpc) is 2.74. The van der Waals surface area contributed by atoms with Crippen molar-refractivity contribution in [3.63, 3.8) is 0 Å². The molecule has 1 aliphatic heterocycles. The number of anilines is 1. The Bertz CT molecular complexity index is 1020. The molecule has 2 aromatic carbocycles. The Morgan fingerprint density at radius 2 is 1.76 bits per heavy atom. The number of piperazine rings is 1. The first-order valence-electron chi connectivity index (χ1n) is 9.47. The third-order valence-corrected chi connectivity index (χ3v) is 6.02. The summed E-state index contributed by atoms with van der Waals surface area (Å²) in [6.07, 6.45) is 0.544. The highest BCUT2D eigenvalue weighted by atomic mass is 127. The van der Waals surface area contributed by atoms with Crippen LogP contribution in [-0.4, -0.2) is 53.0 Å². The van der Waals surface area contributed by atoms with Gasteiger partial charge in [-0.05, 0) is 70.4 Å². The summed E-state index contributed by atoms with van der Waals surface area (Å²) in [6, 6.07) is 15.4. The van der Waals surface area contributed by atoms with E-state index in [2.05, 4.69) is 37.5 Å². The van der Waals surface area contributed by atoms with Crippen LogP contribution < -0.4 is 10.6 Å². The van der Waals surface area contributed by atoms with Crippen LogP contribution in [0.25, 0.3) is 10.9 Å². The Hall–Kier alpha value is -1.97. The minimum Gasteiger partial charge on any atom is -0.352 e. The molecule has 0 unspecified atom stereocenters. The van der Waals surface area contributed by atoms with E-state index < -0.39 is 6.04 Å². The van der Waals surface area contributed by atoms with Crippen molar-refractivity contribution in [2.24, 2.45) is 5.73 Å². The maximum atomic E-state index is 12.8. The highest BCUT2D eigenvalue weighted by Gasteiger charge is 2.27. The Balaban J connectivity index is 1.41. The van der Waals surface area contributed by atoms with Crippen molar-refractivity contribution < 1.29 is 4.79 Å². The summed E-state index contributed by atoms with van der Waals surface area (Å²) in [5, 5.41) is 1.20. The maximum Gasteiger partial charge on any atom is 0.239 e. The number of carbonyl (C=O) groups is 1. The molecule has 2 heterocycles. The molecule has 1 atom stereocenters. The Kier molecular flexibility index (Phi) is 6.17. The van der Waals surface area contributed by atoms with Crippen LogP contribution in [0.15, 0.2) is 48.5 Å². The lowest BCUT2D eigenvalue weighted by Crippen LogP contribution is -2.53. The molecule has 150 valence electrons. The van der Waals surface area contributed by atoms with Gasteiger partial charge in [-0.15, -0.1) is 0 Å². The predicted octanol–water partition coefficient (Wildman–Crippen LogP) is 3.11. The number of hydrogen-bond donors (Lipinski definition) is 1. The van der Waals surface area contributed by atoms with Crippen molar-refractivity contribution in [3.05, 3.63) is 62.9 Å². The Morgan fingerprint density at radius 3 is 2.48 bits per heavy atom. The molecule has 0 spiro atoms. The molecule has 2 N–H and O–H groups in total. The first-order chi connectivity index (χ1) is 14.0. The summed E-state index contributed by atoms with van der Waals surface area (Å²) in [4.78, 5) is 25.5. The number of nitrogens with zero attached hydrogens (tertiary/aromatic N) is 4. The van der Waals surface area contributed by atoms with E-state index in [1.165, 1.54) is 3.57 Å². The molecular weight excluding hydrogens is 501 g/mol. The molecule has 1 fully saturated rings. The third kappa shape index (κ3) is 4.62. The van der Waals surface area contributed by atoms with Crippen molar-refractivity contribution in [1.82, 2.24) is 14.9 Å². The van der Waals surface area contributed by atoms with Crippen LogP contribution in [0.5, 0.6) is 0 Å². The number of carbonyl (C=O) groups excluding carboxylic acids is 1. The molecule has 29 heavy (non-hydrogen) atoms. The maximum absolute atomic E-state index is 12.8. The number of benzene rings is 2. The van der Waals surface area contributed by atoms with E-state index in [1.807, 2.05) is 53.4 Å². The molecule has 3 aromatic rings. The monoisotopic (exact) mass is 521 g/mol. The minimum atomic E-state index is -0.532. The van der Waals surface area contributed by atoms with Gasteiger partial charge in [0, 0.05) is 35.1 Å². The number of para-hydroxylation sites is 1. The van der Waals surface area contributed by atoms with Crippen LogP contribution in [0.4, 0.5) is 5.82 Å². The number of nitrogens with two attached hydrogens (primary N) is 1. The molecule has 0 saturated carbocycles. The summed E-state index contributed by atoms with van der Waals surface area (Å²) >= 11 is 8.38. The second kappa shape index (κ2) is 8.81. The van der Waals surface area contributed by atoms with Gasteiger partial charge in [0.2, 0.25) is 11.2 Å². The SMILES string of the molecule is N[C@H](Cc1ccc(I)cc1)C(=O)N1CCN(c2nc(Cl)nc3ccccc23)CC1. The smallest absolute Gasteiger partial charge is 0.239 e. The molecule has 1 aliphatic rings. The van der Waals surface area contributed by atoms with Gasteiger partial charge in [-0.2, -0.15) is 4.98 Å². The van der Waals surface area contributed by atoms with Crippen molar-refractivity contribution in [3.8, 4) is 0 Å². The zero-order chi connectivity index (χ0) is 20.4. The average molecular weight is 522 g/mol. The van der Waals surface area contributed by atoms with Crippen LogP contribution in [0, 0.1) is 3.57 Å². The largest absolute Gasteiger partial charge is 0.352 e. The number of halogens is 2. The molecule has 1 aromatic heterocycles. The first-order valence-corrected chi connectivity index (χ1v) is 10.9. The quantitative estimate of drug-likeness (QED) is 0.422. The number of amides is 1. The van der Waals surface area contributed by atoms with Gasteiger partial charge in [-0.1, -0.05) is 24.3 Å². The van der Waals surface area contributed by atoms with Gasteiger partial charge in [-0.25, -0.2) is 4.98 Å². The van der Waals surface area contributed by atoms with Crippen LogP contribution in [0.2, 0.25) is 5.28 Å². The summed E-state index contributed by atoms with van der Waals surface area (Å²) in [5.41, 5.74) is 8.11. The summed E-state index contributed by atoms with van der Waals surface area (Å²) in [6.45, 7) is 2.57. The lowest BCUT2D eigenvalue weighted by molar-refractivity contribution is -0.132. The van der Waals surface area contributed by atoms with E-state index in [-0.39, 0.29) is 11.2 Å². The fourth-order valence-electron chi connectivity index (χ4n) is 3.61. The van der Waals surface area contributed by atoms with Crippen molar-refractivity contribution in [2.45, 2.75) is 12.5 Å². The van der Waals surface area contributed by atoms with Gasteiger partial charge in [-0.3, -0.25) is 4.79 Å². The van der Waals surface area contributed by atoms with Crippen LogP contribution >= 0.6 is 34.2 Å². The van der Waals surface area contributed by atoms with Crippen LogP contribution in [0.3, 0.4) is 0 Å². The van der Waals surface area contributed by atoms with Gasteiger partial charge in [0.05, 0.1) is 11.6 Å². The van der Waals surface area contributed by atoms with E-state index in [4.69, 9.17) is 17.3 Å². The molecule has 4 rings (SSSR count). The second-order valence-corrected chi connectivity index (χ2v) is 8.67. The highest BCUT2D eigenvalue weighted by molar-refractivity contribution is 14.1. The lowest BCUT2D eigenvalue weighted by Gasteiger charge is -2.36. The summed E-state index contributed by atoms with van der Waals surface area (Å²) in [7, 11) is 0. The van der Waals surface area contributed by atoms with E-state index in [0.717, 1.165) is 22.3 Å². The Morgan fingerprint density at radius 1 is 1.07 bits per heavy atom. The molecular formula is C21H21ClIN5O. The molecule has 0 radical (unpaired) electrons. The fourth-order valence-corrected chi connectivity index (χ4v) is 4.14. The number of fused-ring (bicyclic) bond motifs is 1. The van der Waals surface area contributed by atoms with E-state index >= 15 is 0 Å². The lowest BCUT2D eigenvalue weighted by atomic mass is 10.1. The molecule has 8 heteroatoms. The molecule has 0 bridgehead atoms. The van der Waals surface area contributed by atoms with Gasteiger partial charge in [0.25, 0.3) is 0 Å². The van der Waals surface area contributed by atoms with Crippen molar-refractivity contribution in [1.29, 1.82) is 0 Å². The summed E-state index contributed by atoms with van der Waals surface area (Å²) < 4.78 is 1.17. The number of rotatable bonds is 4. The molecule has 1 saturated heterocycles. The topological polar surface area (TPSA) is 75.4 Å². The number of aromatic nitrogens is 2. The molecule has 1 amide bonds. The molecule has 6 nitrogen and oxygen atoms in total. The van der Waals surface area contributed by atoms with Gasteiger partial charge < -0.3 is 15.5 Å². The van der Waals surface area contributed by atoms with Crippen molar-refractivity contribution in [2.75, 3.05) is 31.1 Å². The van der Waals surface area contributed by atoms with Gasteiger partial charge in [0.1, 0.15) is 5.82 Å². The van der Waals surface area contributed by atoms with E-state index in [9.17, 15) is 4.79 Å². The van der Waals surface area contributed by atoms with E-state index in [0.29, 0.717) is 32.6 Å². The van der Waals surface area contributed by atoms with Gasteiger partial charge in [0.15, 0.2) is 0 Å². The van der Waals surface area contributed by atoms with Crippen LogP contribution in [-0.2, 0) is 11.2 Å². The third-order valence-electron chi connectivity index (χ3n) is 5.13. The summed E-state index contributed by atoms with van der Waals surface area (Å²) in [5.74, 6) is 0.810. The first kappa shape index (κ1) is 20.3. The Labute approximate surface area is 188 Å². The van der Waals surface area contributed by atoms with Crippen molar-refractivity contribution >= 4 is 56.8 Å². The standard InChI is InChI=1S/C21H21ClIN5O/c22-21-25-18-4-2-1-3-16(18)19(26-21)27-9-11-28(12-10-27)20(29)17(24)13-14-5-7-15(23)8-6-14/h1-8,17H,9-13,24H2/t17-/m1/s1. The van der Waals surface area contributed by atoms with E-state index in [1.54, 1.807) is 0 Å². The number of hydrogen-bond acceptors (Lipinski definition) is 5.